The zero-order chi connectivity index (χ0) is 12.7. The molecule has 0 unspecified atom stereocenters. The molecule has 1 N–H and O–H groups in total. The van der Waals surface area contributed by atoms with Crippen molar-refractivity contribution in [1.29, 1.82) is 0 Å². The van der Waals surface area contributed by atoms with Gasteiger partial charge in [-0.1, -0.05) is 18.2 Å². The van der Waals surface area contributed by atoms with Gasteiger partial charge in [-0.2, -0.15) is 0 Å². The molecule has 0 amide bonds. The number of methoxy groups -OCH3 is 1. The fourth-order valence-corrected chi connectivity index (χ4v) is 2.22. The normalized spacial score (nSPS) is 12.3. The molecular weight excluding hydrogens is 230 g/mol. The summed E-state index contributed by atoms with van der Waals surface area (Å²) in [6, 6.07) is 7.92. The maximum atomic E-state index is 12.1. The minimum atomic E-state index is -0.0900. The molecule has 0 aliphatic carbocycles. The molecule has 1 aliphatic heterocycles. The van der Waals surface area contributed by atoms with Gasteiger partial charge in [-0.25, -0.2) is 4.68 Å². The summed E-state index contributed by atoms with van der Waals surface area (Å²) in [6.07, 6.45) is 0.601. The highest BCUT2D eigenvalue weighted by atomic mass is 16.5. The van der Waals surface area contributed by atoms with Crippen LogP contribution < -0.4 is 15.6 Å². The number of aryl methyl sites for hydroxylation is 1. The van der Waals surface area contributed by atoms with E-state index in [1.54, 1.807) is 14.2 Å². The maximum absolute atomic E-state index is 12.1. The van der Waals surface area contributed by atoms with Gasteiger partial charge in [0.25, 0.3) is 11.4 Å². The Morgan fingerprint density at radius 2 is 2.17 bits per heavy atom. The number of anilines is 2. The summed E-state index contributed by atoms with van der Waals surface area (Å²) in [5, 5.41) is 7.32. The van der Waals surface area contributed by atoms with Crippen molar-refractivity contribution in [3.8, 4) is 5.88 Å². The van der Waals surface area contributed by atoms with Crippen molar-refractivity contribution < 1.29 is 4.74 Å². The Bertz CT molecular complexity index is 676. The molecule has 1 aromatic carbocycles. The van der Waals surface area contributed by atoms with Crippen molar-refractivity contribution in [2.45, 2.75) is 6.42 Å². The molecule has 2 aromatic rings. The second-order valence-corrected chi connectivity index (χ2v) is 4.25. The van der Waals surface area contributed by atoms with Crippen LogP contribution in [-0.4, -0.2) is 16.9 Å². The first kappa shape index (κ1) is 10.8. The summed E-state index contributed by atoms with van der Waals surface area (Å²) >= 11 is 0. The van der Waals surface area contributed by atoms with Gasteiger partial charge in [0.15, 0.2) is 0 Å². The summed E-state index contributed by atoms with van der Waals surface area (Å²) < 4.78 is 6.54. The molecule has 0 fully saturated rings. The van der Waals surface area contributed by atoms with Crippen LogP contribution in [0, 0.1) is 0 Å². The molecule has 5 nitrogen and oxygen atoms in total. The van der Waals surface area contributed by atoms with Gasteiger partial charge in [0.05, 0.1) is 12.7 Å². The lowest BCUT2D eigenvalue weighted by atomic mass is 9.99. The predicted molar refractivity (Wildman–Crippen MR) is 68.6 cm³/mol. The Balaban J connectivity index is 2.23. The van der Waals surface area contributed by atoms with E-state index >= 15 is 0 Å². The van der Waals surface area contributed by atoms with Crippen molar-refractivity contribution in [3.63, 3.8) is 0 Å². The lowest BCUT2D eigenvalue weighted by Crippen LogP contribution is -2.27. The van der Waals surface area contributed by atoms with Gasteiger partial charge in [0.2, 0.25) is 0 Å². The van der Waals surface area contributed by atoms with Crippen LogP contribution in [0.3, 0.4) is 0 Å². The number of nitrogens with one attached hydrogen (secondary N) is 1. The minimum Gasteiger partial charge on any atom is -0.478 e. The topological polar surface area (TPSA) is 56.2 Å². The molecule has 0 atom stereocenters. The van der Waals surface area contributed by atoms with Gasteiger partial charge in [-0.3, -0.25) is 4.79 Å². The first-order valence-corrected chi connectivity index (χ1v) is 5.70. The average molecular weight is 243 g/mol. The molecule has 0 saturated heterocycles. The van der Waals surface area contributed by atoms with E-state index in [1.807, 2.05) is 24.3 Å². The van der Waals surface area contributed by atoms with Crippen LogP contribution in [0.1, 0.15) is 11.1 Å². The SMILES string of the molecule is COc1nn(C)c(=O)c2c1Nc1ccccc1C2. The van der Waals surface area contributed by atoms with E-state index < -0.39 is 0 Å². The van der Waals surface area contributed by atoms with Gasteiger partial charge in [-0.05, 0) is 11.6 Å². The van der Waals surface area contributed by atoms with Crippen LogP contribution in [0.25, 0.3) is 0 Å². The van der Waals surface area contributed by atoms with Crippen LogP contribution in [0.15, 0.2) is 29.1 Å². The van der Waals surface area contributed by atoms with Gasteiger partial charge >= 0.3 is 0 Å². The first-order chi connectivity index (χ1) is 8.70. The van der Waals surface area contributed by atoms with Crippen LogP contribution in [0.4, 0.5) is 11.4 Å². The Morgan fingerprint density at radius 3 is 2.94 bits per heavy atom. The third-order valence-corrected chi connectivity index (χ3v) is 3.15. The lowest BCUT2D eigenvalue weighted by Gasteiger charge is -2.22. The first-order valence-electron chi connectivity index (χ1n) is 5.70. The largest absolute Gasteiger partial charge is 0.478 e. The molecule has 0 saturated carbocycles. The summed E-state index contributed by atoms with van der Waals surface area (Å²) in [4.78, 5) is 12.1. The molecule has 18 heavy (non-hydrogen) atoms. The highest BCUT2D eigenvalue weighted by molar-refractivity contribution is 5.74. The highest BCUT2D eigenvalue weighted by Gasteiger charge is 2.22. The number of fused-ring (bicyclic) bond motifs is 2. The average Bonchev–Trinajstić information content (AvgIpc) is 2.41. The van der Waals surface area contributed by atoms with Crippen molar-refractivity contribution in [3.05, 3.63) is 45.7 Å². The van der Waals surface area contributed by atoms with E-state index in [9.17, 15) is 4.79 Å². The van der Waals surface area contributed by atoms with Crippen molar-refractivity contribution in [1.82, 2.24) is 9.78 Å². The lowest BCUT2D eigenvalue weighted by molar-refractivity contribution is 0.383. The molecule has 92 valence electrons. The molecule has 1 aliphatic rings. The van der Waals surface area contributed by atoms with Crippen LogP contribution in [0.5, 0.6) is 5.88 Å². The fraction of sp³-hybridized carbons (Fsp3) is 0.231. The van der Waals surface area contributed by atoms with E-state index in [2.05, 4.69) is 10.4 Å². The Hall–Kier alpha value is -2.30. The van der Waals surface area contributed by atoms with Crippen LogP contribution in [-0.2, 0) is 13.5 Å². The minimum absolute atomic E-state index is 0.0900. The monoisotopic (exact) mass is 243 g/mol. The highest BCUT2D eigenvalue weighted by Crippen LogP contribution is 2.35. The Kier molecular flexibility index (Phi) is 2.33. The van der Waals surface area contributed by atoms with E-state index in [1.165, 1.54) is 4.68 Å². The quantitative estimate of drug-likeness (QED) is 0.702. The van der Waals surface area contributed by atoms with E-state index in [0.717, 1.165) is 11.3 Å². The van der Waals surface area contributed by atoms with E-state index in [-0.39, 0.29) is 5.56 Å². The van der Waals surface area contributed by atoms with E-state index in [4.69, 9.17) is 4.74 Å². The van der Waals surface area contributed by atoms with Gasteiger partial charge in [-0.15, -0.1) is 5.10 Å². The fourth-order valence-electron chi connectivity index (χ4n) is 2.22. The summed E-state index contributed by atoms with van der Waals surface area (Å²) in [6.45, 7) is 0. The molecule has 5 heteroatoms. The number of ether oxygens (including phenoxy) is 1. The third kappa shape index (κ3) is 1.48. The third-order valence-electron chi connectivity index (χ3n) is 3.15. The van der Waals surface area contributed by atoms with Gasteiger partial charge in [0.1, 0.15) is 5.69 Å². The zero-order valence-electron chi connectivity index (χ0n) is 10.2. The maximum Gasteiger partial charge on any atom is 0.272 e. The number of nitrogens with zero attached hydrogens (tertiary/aromatic N) is 2. The summed E-state index contributed by atoms with van der Waals surface area (Å²) in [7, 11) is 3.18. The molecule has 1 aromatic heterocycles. The molecule has 0 spiro atoms. The second-order valence-electron chi connectivity index (χ2n) is 4.25. The number of para-hydroxylation sites is 1. The molecule has 3 rings (SSSR count). The summed E-state index contributed by atoms with van der Waals surface area (Å²) in [5.74, 6) is 0.446. The van der Waals surface area contributed by atoms with Crippen LogP contribution in [0.2, 0.25) is 0 Å². The molecule has 0 bridgehead atoms. The number of aromatic nitrogens is 2. The van der Waals surface area contributed by atoms with Crippen molar-refractivity contribution >= 4 is 11.4 Å². The summed E-state index contributed by atoms with van der Waals surface area (Å²) in [5.41, 5.74) is 3.39. The number of hydrogen-bond donors (Lipinski definition) is 1. The second kappa shape index (κ2) is 3.87. The zero-order valence-corrected chi connectivity index (χ0v) is 10.2. The van der Waals surface area contributed by atoms with Crippen molar-refractivity contribution in [2.75, 3.05) is 12.4 Å². The number of rotatable bonds is 1. The Labute approximate surface area is 104 Å². The van der Waals surface area contributed by atoms with Crippen LogP contribution >= 0.6 is 0 Å². The van der Waals surface area contributed by atoms with Crippen molar-refractivity contribution in [2.24, 2.45) is 7.05 Å². The molecular formula is C13H13N3O2. The number of benzene rings is 1. The molecule has 0 radical (unpaired) electrons. The smallest absolute Gasteiger partial charge is 0.272 e. The van der Waals surface area contributed by atoms with Gasteiger partial charge in [0, 0.05) is 19.2 Å². The number of hydrogen-bond acceptors (Lipinski definition) is 4. The van der Waals surface area contributed by atoms with Gasteiger partial charge < -0.3 is 10.1 Å². The Morgan fingerprint density at radius 1 is 1.39 bits per heavy atom. The standard InChI is InChI=1S/C13H13N3O2/c1-16-13(17)9-7-8-5-3-4-6-10(8)14-11(9)12(15-16)18-2/h3-6,14H,7H2,1-2H3. The van der Waals surface area contributed by atoms with E-state index in [0.29, 0.717) is 23.6 Å². The predicted octanol–water partition coefficient (Wildman–Crippen LogP) is 1.44. The molecule has 2 heterocycles.